The number of nitrogens with one attached hydrogen (secondary N) is 1. The fourth-order valence-corrected chi connectivity index (χ4v) is 5.13. The van der Waals surface area contributed by atoms with Gasteiger partial charge < -0.3 is 15.0 Å². The van der Waals surface area contributed by atoms with Crippen LogP contribution in [-0.4, -0.2) is 42.1 Å². The number of rotatable bonds is 4. The van der Waals surface area contributed by atoms with Gasteiger partial charge >= 0.3 is 0 Å². The predicted octanol–water partition coefficient (Wildman–Crippen LogP) is 3.71. The normalized spacial score (nSPS) is 27.2. The largest absolute Gasteiger partial charge is 0.488 e. The van der Waals surface area contributed by atoms with E-state index in [1.807, 2.05) is 12.1 Å². The molecule has 0 bridgehead atoms. The number of hydrogen-bond donors (Lipinski definition) is 1. The van der Waals surface area contributed by atoms with E-state index in [4.69, 9.17) is 4.74 Å². The van der Waals surface area contributed by atoms with Crippen molar-refractivity contribution in [1.29, 1.82) is 0 Å². The first-order chi connectivity index (χ1) is 13.0. The zero-order valence-electron chi connectivity index (χ0n) is 16.9. The Kier molecular flexibility index (Phi) is 5.45. The molecule has 2 saturated heterocycles. The lowest BCUT2D eigenvalue weighted by molar-refractivity contribution is -0.120. The first-order valence-corrected chi connectivity index (χ1v) is 10.8. The average Bonchev–Trinajstić information content (AvgIpc) is 2.66. The molecule has 0 aromatic heterocycles. The number of ether oxygens (including phenoxy) is 1. The molecule has 3 aliphatic rings. The number of amides is 1. The van der Waals surface area contributed by atoms with E-state index in [9.17, 15) is 4.79 Å². The Balaban J connectivity index is 1.31. The lowest BCUT2D eigenvalue weighted by Crippen LogP contribution is -2.51. The smallest absolute Gasteiger partial charge is 0.224 e. The minimum absolute atomic E-state index is 0.0844. The number of benzene rings is 1. The van der Waals surface area contributed by atoms with E-state index in [2.05, 4.69) is 30.1 Å². The van der Waals surface area contributed by atoms with Crippen LogP contribution >= 0.6 is 0 Å². The first-order valence-electron chi connectivity index (χ1n) is 10.8. The second kappa shape index (κ2) is 7.83. The molecule has 3 heterocycles. The number of fused-ring (bicyclic) bond motifs is 2. The van der Waals surface area contributed by atoms with Crippen LogP contribution in [0.5, 0.6) is 5.75 Å². The molecule has 0 saturated carbocycles. The Bertz CT molecular complexity index is 683. The molecule has 0 spiro atoms. The van der Waals surface area contributed by atoms with Gasteiger partial charge in [-0.05, 0) is 88.6 Å². The lowest BCUT2D eigenvalue weighted by Gasteiger charge is -2.44. The van der Waals surface area contributed by atoms with Crippen molar-refractivity contribution in [3.63, 3.8) is 0 Å². The topological polar surface area (TPSA) is 41.6 Å². The maximum atomic E-state index is 12.5. The molecular weight excluding hydrogens is 336 g/mol. The van der Waals surface area contributed by atoms with Crippen molar-refractivity contribution in [3.8, 4) is 5.75 Å². The fourth-order valence-electron chi connectivity index (χ4n) is 5.13. The van der Waals surface area contributed by atoms with Crippen molar-refractivity contribution < 1.29 is 9.53 Å². The Morgan fingerprint density at radius 2 is 2.07 bits per heavy atom. The molecule has 1 amide bonds. The van der Waals surface area contributed by atoms with Crippen LogP contribution in [0.2, 0.25) is 0 Å². The molecule has 0 radical (unpaired) electrons. The van der Waals surface area contributed by atoms with Gasteiger partial charge in [-0.1, -0.05) is 18.6 Å². The Hall–Kier alpha value is -1.55. The first kappa shape index (κ1) is 18.8. The minimum atomic E-state index is -0.0844. The zero-order chi connectivity index (χ0) is 18.9. The van der Waals surface area contributed by atoms with Crippen LogP contribution in [0.25, 0.3) is 0 Å². The summed E-state index contributed by atoms with van der Waals surface area (Å²) in [4.78, 5) is 15.2. The third-order valence-electron chi connectivity index (χ3n) is 6.66. The summed E-state index contributed by atoms with van der Waals surface area (Å²) in [6.45, 7) is 7.61. The van der Waals surface area contributed by atoms with E-state index in [-0.39, 0.29) is 11.5 Å². The summed E-state index contributed by atoms with van der Waals surface area (Å²) in [5, 5.41) is 3.23. The molecule has 1 aromatic rings. The van der Waals surface area contributed by atoms with Crippen LogP contribution in [-0.2, 0) is 17.6 Å². The van der Waals surface area contributed by atoms with Gasteiger partial charge in [0.25, 0.3) is 0 Å². The van der Waals surface area contributed by atoms with Crippen LogP contribution in [0.15, 0.2) is 18.2 Å². The molecule has 148 valence electrons. The van der Waals surface area contributed by atoms with E-state index in [0.717, 1.165) is 30.7 Å². The Labute approximate surface area is 163 Å². The summed E-state index contributed by atoms with van der Waals surface area (Å²) < 4.78 is 6.05. The van der Waals surface area contributed by atoms with Crippen LogP contribution in [0.1, 0.15) is 63.5 Å². The molecule has 2 atom stereocenters. The van der Waals surface area contributed by atoms with Crippen LogP contribution in [0.4, 0.5) is 0 Å². The second-order valence-corrected chi connectivity index (χ2v) is 9.29. The third kappa shape index (κ3) is 4.48. The van der Waals surface area contributed by atoms with Crippen molar-refractivity contribution in [2.75, 3.05) is 19.6 Å². The highest BCUT2D eigenvalue weighted by Gasteiger charge is 2.33. The third-order valence-corrected chi connectivity index (χ3v) is 6.66. The monoisotopic (exact) mass is 370 g/mol. The highest BCUT2D eigenvalue weighted by Crippen LogP contribution is 2.33. The van der Waals surface area contributed by atoms with Gasteiger partial charge in [0.15, 0.2) is 0 Å². The van der Waals surface area contributed by atoms with Gasteiger partial charge in [-0.3, -0.25) is 4.79 Å². The van der Waals surface area contributed by atoms with E-state index in [0.29, 0.717) is 18.4 Å². The summed E-state index contributed by atoms with van der Waals surface area (Å²) in [5.74, 6) is 1.76. The molecule has 1 N–H and O–H groups in total. The molecule has 4 nitrogen and oxygen atoms in total. The maximum Gasteiger partial charge on any atom is 0.224 e. The number of carbonyl (C=O) groups is 1. The number of piperidine rings is 2. The van der Waals surface area contributed by atoms with Gasteiger partial charge in [-0.25, -0.2) is 0 Å². The molecule has 2 fully saturated rings. The summed E-state index contributed by atoms with van der Waals surface area (Å²) in [5.41, 5.74) is 2.25. The van der Waals surface area contributed by atoms with Crippen LogP contribution in [0.3, 0.4) is 0 Å². The highest BCUT2D eigenvalue weighted by molar-refractivity contribution is 5.78. The van der Waals surface area contributed by atoms with Gasteiger partial charge in [-0.15, -0.1) is 0 Å². The van der Waals surface area contributed by atoms with Gasteiger partial charge in [0, 0.05) is 12.6 Å². The van der Waals surface area contributed by atoms with Gasteiger partial charge in [0.2, 0.25) is 5.91 Å². The van der Waals surface area contributed by atoms with Crippen LogP contribution < -0.4 is 10.1 Å². The highest BCUT2D eigenvalue weighted by atomic mass is 16.5. The molecule has 4 rings (SSSR count). The van der Waals surface area contributed by atoms with E-state index < -0.39 is 0 Å². The molecule has 27 heavy (non-hydrogen) atoms. The number of aryl methyl sites for hydroxylation is 1. The summed E-state index contributed by atoms with van der Waals surface area (Å²) in [6.07, 6.45) is 9.05. The number of hydrogen-bond acceptors (Lipinski definition) is 3. The lowest BCUT2D eigenvalue weighted by atomic mass is 9.83. The van der Waals surface area contributed by atoms with E-state index in [1.165, 1.54) is 50.8 Å². The van der Waals surface area contributed by atoms with Crippen molar-refractivity contribution in [2.45, 2.75) is 76.9 Å². The number of nitrogens with zero attached hydrogens (tertiary/aromatic N) is 1. The molecule has 2 unspecified atom stereocenters. The maximum absolute atomic E-state index is 12.5. The van der Waals surface area contributed by atoms with Crippen LogP contribution in [0, 0.1) is 5.92 Å². The number of carbonyl (C=O) groups excluding carboxylic acids is 1. The Morgan fingerprint density at radius 3 is 2.96 bits per heavy atom. The van der Waals surface area contributed by atoms with Crippen molar-refractivity contribution in [3.05, 3.63) is 29.3 Å². The van der Waals surface area contributed by atoms with Crippen molar-refractivity contribution in [2.24, 2.45) is 5.92 Å². The SMILES string of the molecule is CC1(C)CCc2cc(CC(=O)NCC3CCCN4CCCCC34)ccc2O1. The minimum Gasteiger partial charge on any atom is -0.488 e. The summed E-state index contributed by atoms with van der Waals surface area (Å²) in [7, 11) is 0. The van der Waals surface area contributed by atoms with Gasteiger partial charge in [-0.2, -0.15) is 0 Å². The van der Waals surface area contributed by atoms with Crippen molar-refractivity contribution >= 4 is 5.91 Å². The molecule has 0 aliphatic carbocycles. The Morgan fingerprint density at radius 1 is 1.22 bits per heavy atom. The molecule has 4 heteroatoms. The molecule has 1 aromatic carbocycles. The van der Waals surface area contributed by atoms with Crippen molar-refractivity contribution in [1.82, 2.24) is 10.2 Å². The average molecular weight is 371 g/mol. The molecular formula is C23H34N2O2. The summed E-state index contributed by atoms with van der Waals surface area (Å²) >= 11 is 0. The van der Waals surface area contributed by atoms with Gasteiger partial charge in [0.1, 0.15) is 11.4 Å². The molecule has 3 aliphatic heterocycles. The van der Waals surface area contributed by atoms with Gasteiger partial charge in [0.05, 0.1) is 6.42 Å². The second-order valence-electron chi connectivity index (χ2n) is 9.29. The standard InChI is InChI=1S/C23H34N2O2/c1-23(2)11-10-18-14-17(8-9-21(18)27-23)15-22(26)24-16-19-6-5-13-25-12-4-3-7-20(19)25/h8-9,14,19-20H,3-7,10-13,15-16H2,1-2H3,(H,24,26). The van der Waals surface area contributed by atoms with E-state index in [1.54, 1.807) is 0 Å². The summed E-state index contributed by atoms with van der Waals surface area (Å²) in [6, 6.07) is 6.94. The zero-order valence-corrected chi connectivity index (χ0v) is 16.9. The fraction of sp³-hybridized carbons (Fsp3) is 0.696. The predicted molar refractivity (Wildman–Crippen MR) is 108 cm³/mol. The van der Waals surface area contributed by atoms with E-state index >= 15 is 0 Å². The quantitative estimate of drug-likeness (QED) is 0.878.